The number of amides is 1. The minimum Gasteiger partial charge on any atom is -0.458 e. The predicted octanol–water partition coefficient (Wildman–Crippen LogP) is 1.30. The number of ether oxygens (including phenoxy) is 1. The van der Waals surface area contributed by atoms with Crippen molar-refractivity contribution in [2.45, 2.75) is 45.1 Å². The summed E-state index contributed by atoms with van der Waals surface area (Å²) in [4.78, 5) is 42.4. The number of hydrazone groups is 1. The molecule has 0 bridgehead atoms. The van der Waals surface area contributed by atoms with Crippen molar-refractivity contribution in [3.8, 4) is 11.4 Å². The predicted molar refractivity (Wildman–Crippen MR) is 131 cm³/mol. The lowest BCUT2D eigenvalue weighted by atomic mass is 9.86. The quantitative estimate of drug-likeness (QED) is 0.218. The zero-order valence-corrected chi connectivity index (χ0v) is 19.9. The van der Waals surface area contributed by atoms with Crippen LogP contribution in [-0.4, -0.2) is 38.8 Å². The molecule has 2 aromatic heterocycles. The number of fused-ring (bicyclic) bond motifs is 5. The van der Waals surface area contributed by atoms with Gasteiger partial charge in [0.2, 0.25) is 0 Å². The summed E-state index contributed by atoms with van der Waals surface area (Å²) in [7, 11) is 0. The van der Waals surface area contributed by atoms with Crippen LogP contribution in [-0.2, 0) is 33.1 Å². The largest absolute Gasteiger partial charge is 0.458 e. The van der Waals surface area contributed by atoms with Gasteiger partial charge in [0.15, 0.2) is 5.60 Å². The van der Waals surface area contributed by atoms with E-state index in [4.69, 9.17) is 15.5 Å². The highest BCUT2D eigenvalue weighted by Crippen LogP contribution is 2.39. The second-order valence-electron chi connectivity index (χ2n) is 8.50. The summed E-state index contributed by atoms with van der Waals surface area (Å²) in [5.74, 6) is -1.20. The summed E-state index contributed by atoms with van der Waals surface area (Å²) in [5.41, 5.74) is 9.43. The van der Waals surface area contributed by atoms with Crippen LogP contribution in [0.15, 0.2) is 40.2 Å². The molecule has 2 aliphatic rings. The molecule has 1 aromatic carbocycles. The van der Waals surface area contributed by atoms with E-state index >= 15 is 0 Å². The van der Waals surface area contributed by atoms with Crippen LogP contribution < -0.4 is 16.7 Å². The lowest BCUT2D eigenvalue weighted by Gasteiger charge is -2.31. The Morgan fingerprint density at radius 1 is 1.37 bits per heavy atom. The van der Waals surface area contributed by atoms with Crippen molar-refractivity contribution in [3.05, 3.63) is 62.9 Å². The maximum absolute atomic E-state index is 13.4. The van der Waals surface area contributed by atoms with Crippen molar-refractivity contribution in [1.82, 2.24) is 15.0 Å². The minimum atomic E-state index is -1.89. The molecule has 4 heterocycles. The molecule has 1 amide bonds. The average molecular weight is 498 g/mol. The van der Waals surface area contributed by atoms with Crippen LogP contribution in [0.1, 0.15) is 42.5 Å². The molecule has 5 rings (SSSR count). The Kier molecular flexibility index (Phi) is 6.22. The molecule has 4 N–H and O–H groups in total. The van der Waals surface area contributed by atoms with Gasteiger partial charge < -0.3 is 20.1 Å². The average Bonchev–Trinajstić information content (AvgIpc) is 3.20. The monoisotopic (exact) mass is 497 g/mol. The highest BCUT2D eigenvalue weighted by atomic mass is 35.5. The van der Waals surface area contributed by atoms with Gasteiger partial charge in [-0.2, -0.15) is 5.10 Å². The molecule has 0 radical (unpaired) electrons. The lowest BCUT2D eigenvalue weighted by molar-refractivity contribution is -0.172. The SMILES string of the molecule is CC[C@@]1(O)C(=O)OCc2c1cc1n(c2=O)Cc2c-1nc1ccccc1c2/C=N\NC(=O)C(C)N.Cl. The molecule has 2 atom stereocenters. The molecule has 0 spiro atoms. The van der Waals surface area contributed by atoms with Gasteiger partial charge in [-0.05, 0) is 25.5 Å². The number of hydrogen-bond donors (Lipinski definition) is 3. The second-order valence-corrected chi connectivity index (χ2v) is 8.50. The molecule has 0 fully saturated rings. The Morgan fingerprint density at radius 3 is 2.83 bits per heavy atom. The Bertz CT molecular complexity index is 1460. The third-order valence-corrected chi connectivity index (χ3v) is 6.42. The van der Waals surface area contributed by atoms with Crippen molar-refractivity contribution in [3.63, 3.8) is 0 Å². The Balaban J connectivity index is 0.00000289. The molecular weight excluding hydrogens is 474 g/mol. The minimum absolute atomic E-state index is 0. The molecular formula is C24H24ClN5O5. The topological polar surface area (TPSA) is 149 Å². The molecule has 35 heavy (non-hydrogen) atoms. The number of halogens is 1. The van der Waals surface area contributed by atoms with Gasteiger partial charge in [0.1, 0.15) is 6.61 Å². The number of cyclic esters (lactones) is 1. The van der Waals surface area contributed by atoms with Gasteiger partial charge in [-0.25, -0.2) is 15.2 Å². The zero-order valence-electron chi connectivity index (χ0n) is 19.1. The van der Waals surface area contributed by atoms with Crippen molar-refractivity contribution in [1.29, 1.82) is 0 Å². The number of pyridine rings is 2. The molecule has 0 aliphatic carbocycles. The molecule has 182 valence electrons. The highest BCUT2D eigenvalue weighted by molar-refractivity contribution is 6.02. The summed E-state index contributed by atoms with van der Waals surface area (Å²) < 4.78 is 6.68. The molecule has 1 unspecified atom stereocenters. The fourth-order valence-corrected chi connectivity index (χ4v) is 4.47. The fraction of sp³-hybridized carbons (Fsp3) is 0.292. The van der Waals surface area contributed by atoms with Crippen molar-refractivity contribution in [2.75, 3.05) is 0 Å². The Hall–Kier alpha value is -3.60. The zero-order chi connectivity index (χ0) is 24.2. The third-order valence-electron chi connectivity index (χ3n) is 6.42. The second kappa shape index (κ2) is 8.88. The van der Waals surface area contributed by atoms with E-state index in [1.54, 1.807) is 24.5 Å². The maximum atomic E-state index is 13.4. The first kappa shape index (κ1) is 24.5. The van der Waals surface area contributed by atoms with Crippen LogP contribution in [0.3, 0.4) is 0 Å². The number of aliphatic hydroxyl groups is 1. The first-order valence-corrected chi connectivity index (χ1v) is 10.9. The fourth-order valence-electron chi connectivity index (χ4n) is 4.47. The van der Waals surface area contributed by atoms with Crippen LogP contribution in [0.4, 0.5) is 0 Å². The molecule has 10 nitrogen and oxygen atoms in total. The van der Waals surface area contributed by atoms with E-state index in [2.05, 4.69) is 10.5 Å². The van der Waals surface area contributed by atoms with Crippen LogP contribution >= 0.6 is 12.4 Å². The van der Waals surface area contributed by atoms with Crippen LogP contribution in [0.2, 0.25) is 0 Å². The lowest BCUT2D eigenvalue weighted by Crippen LogP contribution is -2.44. The number of esters is 1. The van der Waals surface area contributed by atoms with E-state index in [1.807, 2.05) is 24.3 Å². The van der Waals surface area contributed by atoms with E-state index in [9.17, 15) is 19.5 Å². The van der Waals surface area contributed by atoms with Gasteiger partial charge in [-0.15, -0.1) is 12.4 Å². The molecule has 11 heteroatoms. The molecule has 2 aliphatic heterocycles. The molecule has 3 aromatic rings. The summed E-state index contributed by atoms with van der Waals surface area (Å²) in [6, 6.07) is 8.39. The number of carbonyl (C=O) groups excluding carboxylic acids is 2. The summed E-state index contributed by atoms with van der Waals surface area (Å²) >= 11 is 0. The Morgan fingerprint density at radius 2 is 2.11 bits per heavy atom. The number of rotatable bonds is 4. The number of nitrogens with zero attached hydrogens (tertiary/aromatic N) is 3. The van der Waals surface area contributed by atoms with Crippen LogP contribution in [0.25, 0.3) is 22.3 Å². The first-order valence-electron chi connectivity index (χ1n) is 10.9. The standard InChI is InChI=1S/C24H23N5O5.ClH/c1-3-24(33)17-8-19-20-15(10-29(19)22(31)16(17)11-34-23(24)32)14(9-26-28-21(30)12(2)25)13-6-4-5-7-18(13)27-20;/h4-9,12,33H,3,10-11,25H2,1-2H3,(H,28,30);1H/b26-9-;/t12?,24-;/m0./s1. The summed E-state index contributed by atoms with van der Waals surface area (Å²) in [5, 5.41) is 15.9. The van der Waals surface area contributed by atoms with E-state index < -0.39 is 23.5 Å². The smallest absolute Gasteiger partial charge is 0.343 e. The van der Waals surface area contributed by atoms with E-state index in [-0.39, 0.29) is 48.7 Å². The van der Waals surface area contributed by atoms with Gasteiger partial charge in [0.25, 0.3) is 11.5 Å². The number of benzene rings is 1. The maximum Gasteiger partial charge on any atom is 0.343 e. The molecule has 0 saturated carbocycles. The number of nitrogens with two attached hydrogens (primary N) is 1. The molecule has 0 saturated heterocycles. The normalized spacial score (nSPS) is 18.9. The van der Waals surface area contributed by atoms with Crippen molar-refractivity contribution < 1.29 is 19.4 Å². The van der Waals surface area contributed by atoms with Crippen molar-refractivity contribution in [2.24, 2.45) is 10.8 Å². The summed E-state index contributed by atoms with van der Waals surface area (Å²) in [6.45, 7) is 3.24. The van der Waals surface area contributed by atoms with E-state index in [0.29, 0.717) is 22.5 Å². The first-order chi connectivity index (χ1) is 16.3. The van der Waals surface area contributed by atoms with E-state index in [0.717, 1.165) is 10.9 Å². The number of para-hydroxylation sites is 1. The van der Waals surface area contributed by atoms with Gasteiger partial charge >= 0.3 is 5.97 Å². The number of aromatic nitrogens is 2. The van der Waals surface area contributed by atoms with E-state index in [1.165, 1.54) is 6.21 Å². The number of nitrogens with one attached hydrogen (secondary N) is 1. The number of hydrogen-bond acceptors (Lipinski definition) is 8. The van der Waals surface area contributed by atoms with Gasteiger partial charge in [-0.1, -0.05) is 25.1 Å². The van der Waals surface area contributed by atoms with Gasteiger partial charge in [0, 0.05) is 22.1 Å². The van der Waals surface area contributed by atoms with Crippen LogP contribution in [0, 0.1) is 0 Å². The Labute approximate surface area is 206 Å². The van der Waals surface area contributed by atoms with Crippen molar-refractivity contribution >= 4 is 41.4 Å². The summed E-state index contributed by atoms with van der Waals surface area (Å²) in [6.07, 6.45) is 1.59. The van der Waals surface area contributed by atoms with Crippen LogP contribution in [0.5, 0.6) is 0 Å². The highest BCUT2D eigenvalue weighted by Gasteiger charge is 2.45. The van der Waals surface area contributed by atoms with Gasteiger partial charge in [-0.3, -0.25) is 9.59 Å². The van der Waals surface area contributed by atoms with Gasteiger partial charge in [0.05, 0.1) is 41.3 Å². The third kappa shape index (κ3) is 3.70. The number of carbonyl (C=O) groups is 2.